The zero-order valence-electron chi connectivity index (χ0n) is 22.9. The molecule has 8 nitrogen and oxygen atoms in total. The molecule has 41 heavy (non-hydrogen) atoms. The lowest BCUT2D eigenvalue weighted by Crippen LogP contribution is -2.52. The molecule has 0 unspecified atom stereocenters. The molecule has 1 N–H and O–H groups in total. The number of carbonyl (C=O) groups is 2. The Bertz CT molecular complexity index is 1480. The lowest BCUT2D eigenvalue weighted by molar-refractivity contribution is -0.139. The molecule has 0 aromatic heterocycles. The van der Waals surface area contributed by atoms with Crippen LogP contribution in [0.25, 0.3) is 0 Å². The van der Waals surface area contributed by atoms with Crippen molar-refractivity contribution in [2.75, 3.05) is 18.0 Å². The summed E-state index contributed by atoms with van der Waals surface area (Å²) in [7, 11) is -2.71. The third-order valence-corrected chi connectivity index (χ3v) is 9.47. The summed E-state index contributed by atoms with van der Waals surface area (Å²) in [6.07, 6.45) is 3.86. The van der Waals surface area contributed by atoms with Crippen molar-refractivity contribution in [2.45, 2.75) is 56.1 Å². The van der Waals surface area contributed by atoms with Crippen LogP contribution in [0.4, 0.5) is 5.69 Å². The number of sulfonamides is 1. The summed E-state index contributed by atoms with van der Waals surface area (Å²) in [5.74, 6) is -0.291. The van der Waals surface area contributed by atoms with E-state index in [1.807, 2.05) is 6.07 Å². The zero-order chi connectivity index (χ0) is 29.6. The maximum absolute atomic E-state index is 14.1. The van der Waals surface area contributed by atoms with Crippen molar-refractivity contribution in [3.05, 3.63) is 88.4 Å². The number of anilines is 1. The van der Waals surface area contributed by atoms with Crippen molar-refractivity contribution in [2.24, 2.45) is 0 Å². The number of benzene rings is 3. The molecule has 0 bridgehead atoms. The highest BCUT2D eigenvalue weighted by Gasteiger charge is 2.34. The third kappa shape index (κ3) is 7.52. The van der Waals surface area contributed by atoms with Gasteiger partial charge >= 0.3 is 0 Å². The molecule has 0 spiro atoms. The van der Waals surface area contributed by atoms with Gasteiger partial charge in [0.05, 0.1) is 22.7 Å². The second-order valence-electron chi connectivity index (χ2n) is 9.96. The van der Waals surface area contributed by atoms with Gasteiger partial charge in [-0.05, 0) is 67.8 Å². The molecule has 0 radical (unpaired) electrons. The van der Waals surface area contributed by atoms with Gasteiger partial charge in [0.1, 0.15) is 18.3 Å². The van der Waals surface area contributed by atoms with E-state index in [4.69, 9.17) is 27.9 Å². The summed E-state index contributed by atoms with van der Waals surface area (Å²) in [6, 6.07) is 18.5. The van der Waals surface area contributed by atoms with Crippen molar-refractivity contribution in [3.63, 3.8) is 0 Å². The first-order chi connectivity index (χ1) is 19.6. The average molecular weight is 619 g/mol. The van der Waals surface area contributed by atoms with Crippen LogP contribution in [0.2, 0.25) is 10.0 Å². The maximum atomic E-state index is 14.1. The Balaban J connectivity index is 1.71. The van der Waals surface area contributed by atoms with Gasteiger partial charge < -0.3 is 15.0 Å². The summed E-state index contributed by atoms with van der Waals surface area (Å²) in [6.45, 7) is 1.09. The fourth-order valence-corrected chi connectivity index (χ4v) is 6.73. The van der Waals surface area contributed by atoms with Gasteiger partial charge in [-0.25, -0.2) is 8.42 Å². The Labute approximate surface area is 251 Å². The summed E-state index contributed by atoms with van der Waals surface area (Å²) in [5, 5.41) is 3.41. The number of methoxy groups -OCH3 is 1. The van der Waals surface area contributed by atoms with Gasteiger partial charge in [0.25, 0.3) is 10.0 Å². The largest absolute Gasteiger partial charge is 0.497 e. The minimum atomic E-state index is -4.25. The van der Waals surface area contributed by atoms with Crippen LogP contribution < -0.4 is 14.4 Å². The molecule has 3 aromatic rings. The van der Waals surface area contributed by atoms with Crippen LogP contribution in [0.3, 0.4) is 0 Å². The predicted molar refractivity (Wildman–Crippen MR) is 161 cm³/mol. The molecule has 3 aromatic carbocycles. The van der Waals surface area contributed by atoms with Crippen LogP contribution in [-0.4, -0.2) is 50.9 Å². The van der Waals surface area contributed by atoms with Crippen LogP contribution in [0.5, 0.6) is 5.75 Å². The SMILES string of the molecule is COc1cccc(CN(C(=O)CN(c2cc(Cl)ccc2Cl)S(=O)(=O)c2ccccc2)[C@H](C)C(=O)NC2CCCC2)c1. The summed E-state index contributed by atoms with van der Waals surface area (Å²) >= 11 is 12.7. The van der Waals surface area contributed by atoms with Crippen LogP contribution in [0, 0.1) is 0 Å². The van der Waals surface area contributed by atoms with E-state index in [0.29, 0.717) is 5.75 Å². The van der Waals surface area contributed by atoms with E-state index in [2.05, 4.69) is 5.32 Å². The van der Waals surface area contributed by atoms with Crippen molar-refractivity contribution in [1.82, 2.24) is 10.2 Å². The fraction of sp³-hybridized carbons (Fsp3) is 0.333. The van der Waals surface area contributed by atoms with E-state index < -0.39 is 28.5 Å². The molecule has 218 valence electrons. The van der Waals surface area contributed by atoms with Gasteiger partial charge in [-0.3, -0.25) is 13.9 Å². The van der Waals surface area contributed by atoms with Gasteiger partial charge in [-0.1, -0.05) is 66.4 Å². The number of nitrogens with one attached hydrogen (secondary N) is 1. The third-order valence-electron chi connectivity index (χ3n) is 7.14. The van der Waals surface area contributed by atoms with Crippen molar-refractivity contribution < 1.29 is 22.7 Å². The summed E-state index contributed by atoms with van der Waals surface area (Å²) in [4.78, 5) is 28.8. The Hall–Kier alpha value is -3.27. The molecule has 1 fully saturated rings. The maximum Gasteiger partial charge on any atom is 0.264 e. The first-order valence-corrected chi connectivity index (χ1v) is 15.6. The second-order valence-corrected chi connectivity index (χ2v) is 12.7. The van der Waals surface area contributed by atoms with Crippen LogP contribution in [0.1, 0.15) is 38.2 Å². The number of rotatable bonds is 11. The minimum absolute atomic E-state index is 0.0183. The van der Waals surface area contributed by atoms with Gasteiger partial charge in [-0.2, -0.15) is 0 Å². The number of amides is 2. The van der Waals surface area contributed by atoms with E-state index in [0.717, 1.165) is 35.6 Å². The molecular weight excluding hydrogens is 585 g/mol. The van der Waals surface area contributed by atoms with Crippen LogP contribution >= 0.6 is 23.2 Å². The molecule has 4 rings (SSSR count). The van der Waals surface area contributed by atoms with Crippen molar-refractivity contribution in [3.8, 4) is 5.75 Å². The van der Waals surface area contributed by atoms with Gasteiger partial charge in [0.15, 0.2) is 0 Å². The Morgan fingerprint density at radius 3 is 2.39 bits per heavy atom. The first-order valence-electron chi connectivity index (χ1n) is 13.4. The number of ether oxygens (including phenoxy) is 1. The highest BCUT2D eigenvalue weighted by atomic mass is 35.5. The molecule has 1 atom stereocenters. The average Bonchev–Trinajstić information content (AvgIpc) is 3.49. The summed E-state index contributed by atoms with van der Waals surface area (Å²) < 4.78 is 34.1. The van der Waals surface area contributed by atoms with Gasteiger partial charge in [0, 0.05) is 17.6 Å². The number of halogens is 2. The van der Waals surface area contributed by atoms with E-state index in [1.54, 1.807) is 50.4 Å². The molecule has 1 aliphatic rings. The van der Waals surface area contributed by atoms with Gasteiger partial charge in [-0.15, -0.1) is 0 Å². The monoisotopic (exact) mass is 617 g/mol. The highest BCUT2D eigenvalue weighted by molar-refractivity contribution is 7.92. The number of hydrogen-bond acceptors (Lipinski definition) is 5. The van der Waals surface area contributed by atoms with Crippen LogP contribution in [-0.2, 0) is 26.2 Å². The minimum Gasteiger partial charge on any atom is -0.497 e. The fourth-order valence-electron chi connectivity index (χ4n) is 4.85. The van der Waals surface area contributed by atoms with Gasteiger partial charge in [0.2, 0.25) is 11.8 Å². The summed E-state index contributed by atoms with van der Waals surface area (Å²) in [5.41, 5.74) is 0.775. The molecule has 2 amide bonds. The Morgan fingerprint density at radius 1 is 1.00 bits per heavy atom. The smallest absolute Gasteiger partial charge is 0.264 e. The molecule has 1 saturated carbocycles. The zero-order valence-corrected chi connectivity index (χ0v) is 25.3. The molecule has 1 aliphatic carbocycles. The Kier molecular flexibility index (Phi) is 10.2. The molecule has 11 heteroatoms. The normalized spacial score (nSPS) is 14.3. The number of carbonyl (C=O) groups excluding carboxylic acids is 2. The van der Waals surface area contributed by atoms with Crippen molar-refractivity contribution in [1.29, 1.82) is 0 Å². The highest BCUT2D eigenvalue weighted by Crippen LogP contribution is 2.33. The van der Waals surface area contributed by atoms with E-state index in [-0.39, 0.29) is 39.1 Å². The van der Waals surface area contributed by atoms with E-state index in [9.17, 15) is 18.0 Å². The lowest BCUT2D eigenvalue weighted by Gasteiger charge is -2.32. The second kappa shape index (κ2) is 13.6. The van der Waals surface area contributed by atoms with E-state index in [1.165, 1.54) is 35.2 Å². The predicted octanol–water partition coefficient (Wildman–Crippen LogP) is 5.67. The molecule has 0 heterocycles. The standard InChI is InChI=1S/C30H33Cl2N3O5S/c1-21(30(37)33-24-10-6-7-11-24)34(19-22-9-8-12-25(17-22)40-2)29(36)20-35(28-18-23(31)15-16-27(28)32)41(38,39)26-13-4-3-5-14-26/h3-5,8-9,12-18,21,24H,6-7,10-11,19-20H2,1-2H3,(H,33,37)/t21-/m1/s1. The van der Waals surface area contributed by atoms with Crippen molar-refractivity contribution >= 4 is 50.7 Å². The van der Waals surface area contributed by atoms with Crippen LogP contribution in [0.15, 0.2) is 77.7 Å². The Morgan fingerprint density at radius 2 is 1.71 bits per heavy atom. The molecule has 0 saturated heterocycles. The quantitative estimate of drug-likeness (QED) is 0.299. The molecule has 0 aliphatic heterocycles. The first kappa shape index (κ1) is 30.7. The number of nitrogens with zero attached hydrogens (tertiary/aromatic N) is 2. The number of hydrogen-bond donors (Lipinski definition) is 1. The topological polar surface area (TPSA) is 96.0 Å². The molecular formula is C30H33Cl2N3O5S. The lowest BCUT2D eigenvalue weighted by atomic mass is 10.1. The van der Waals surface area contributed by atoms with E-state index >= 15 is 0 Å².